The average Bonchev–Trinajstić information content (AvgIpc) is 3.03. The fourth-order valence-corrected chi connectivity index (χ4v) is 3.10. The zero-order chi connectivity index (χ0) is 14.5. The van der Waals surface area contributed by atoms with Crippen molar-refractivity contribution in [2.24, 2.45) is 5.10 Å². The van der Waals surface area contributed by atoms with Crippen LogP contribution in [0.25, 0.3) is 11.3 Å². The van der Waals surface area contributed by atoms with Gasteiger partial charge in [0.15, 0.2) is 0 Å². The van der Waals surface area contributed by atoms with Gasteiger partial charge in [0, 0.05) is 16.7 Å². The summed E-state index contributed by atoms with van der Waals surface area (Å²) in [6.07, 6.45) is 6.07. The topological polar surface area (TPSA) is 46.5 Å². The summed E-state index contributed by atoms with van der Waals surface area (Å²) in [6.45, 7) is 0. The predicted octanol–water partition coefficient (Wildman–Crippen LogP) is 4.55. The molecule has 2 aromatic rings. The first kappa shape index (κ1) is 14.1. The van der Waals surface area contributed by atoms with E-state index in [1.165, 1.54) is 25.0 Å². The Hall–Kier alpha value is -1.88. The summed E-state index contributed by atoms with van der Waals surface area (Å²) in [5.74, 6) is 0.845. The monoisotopic (exact) mass is 301 g/mol. The van der Waals surface area contributed by atoms with E-state index in [9.17, 15) is 0 Å². The summed E-state index contributed by atoms with van der Waals surface area (Å²) in [4.78, 5) is 4.59. The second-order valence-corrected chi connectivity index (χ2v) is 5.98. The van der Waals surface area contributed by atoms with Gasteiger partial charge in [0.1, 0.15) is 5.75 Å². The third kappa shape index (κ3) is 3.61. The molecule has 0 atom stereocenters. The molecule has 0 amide bonds. The average molecular weight is 301 g/mol. The lowest BCUT2D eigenvalue weighted by Gasteiger charge is -2.11. The van der Waals surface area contributed by atoms with E-state index >= 15 is 0 Å². The van der Waals surface area contributed by atoms with E-state index in [-0.39, 0.29) is 0 Å². The number of rotatable bonds is 4. The van der Waals surface area contributed by atoms with Gasteiger partial charge in [-0.15, -0.1) is 11.3 Å². The maximum absolute atomic E-state index is 5.25. The highest BCUT2D eigenvalue weighted by Crippen LogP contribution is 2.27. The first-order valence-corrected chi connectivity index (χ1v) is 8.14. The Balaban J connectivity index is 1.70. The molecule has 4 nitrogen and oxygen atoms in total. The Morgan fingerprint density at radius 1 is 1.24 bits per heavy atom. The Morgan fingerprint density at radius 3 is 2.90 bits per heavy atom. The maximum atomic E-state index is 5.25. The number of aromatic nitrogens is 1. The predicted molar refractivity (Wildman–Crippen MR) is 88.2 cm³/mol. The van der Waals surface area contributed by atoms with Crippen molar-refractivity contribution in [2.45, 2.75) is 32.1 Å². The molecule has 1 fully saturated rings. The van der Waals surface area contributed by atoms with Crippen molar-refractivity contribution >= 4 is 22.2 Å². The molecule has 1 saturated carbocycles. The van der Waals surface area contributed by atoms with E-state index < -0.39 is 0 Å². The van der Waals surface area contributed by atoms with Crippen molar-refractivity contribution < 1.29 is 4.74 Å². The SMILES string of the molecule is COc1cccc(-c2csc(NN=C3CCCCC3)n2)c1. The third-order valence-corrected chi connectivity index (χ3v) is 4.36. The Morgan fingerprint density at radius 2 is 2.10 bits per heavy atom. The smallest absolute Gasteiger partial charge is 0.203 e. The molecule has 0 spiro atoms. The molecule has 1 aliphatic rings. The highest BCUT2D eigenvalue weighted by molar-refractivity contribution is 7.14. The van der Waals surface area contributed by atoms with Crippen LogP contribution in [0.2, 0.25) is 0 Å². The first-order valence-electron chi connectivity index (χ1n) is 7.26. The van der Waals surface area contributed by atoms with Gasteiger partial charge in [0.25, 0.3) is 0 Å². The maximum Gasteiger partial charge on any atom is 0.203 e. The third-order valence-electron chi connectivity index (χ3n) is 3.61. The number of hydrogen-bond donors (Lipinski definition) is 1. The zero-order valence-electron chi connectivity index (χ0n) is 12.1. The van der Waals surface area contributed by atoms with Crippen LogP contribution in [0.1, 0.15) is 32.1 Å². The highest BCUT2D eigenvalue weighted by atomic mass is 32.1. The van der Waals surface area contributed by atoms with E-state index in [4.69, 9.17) is 4.74 Å². The van der Waals surface area contributed by atoms with E-state index in [1.54, 1.807) is 18.4 Å². The molecule has 0 bridgehead atoms. The van der Waals surface area contributed by atoms with Crippen LogP contribution < -0.4 is 10.2 Å². The lowest BCUT2D eigenvalue weighted by atomic mass is 9.99. The van der Waals surface area contributed by atoms with Gasteiger partial charge in [0.05, 0.1) is 12.8 Å². The number of anilines is 1. The number of nitrogens with zero attached hydrogens (tertiary/aromatic N) is 2. The lowest BCUT2D eigenvalue weighted by Crippen LogP contribution is -2.07. The molecule has 1 heterocycles. The zero-order valence-corrected chi connectivity index (χ0v) is 12.9. The van der Waals surface area contributed by atoms with Gasteiger partial charge in [-0.25, -0.2) is 4.98 Å². The van der Waals surface area contributed by atoms with Crippen LogP contribution in [0.4, 0.5) is 5.13 Å². The normalized spacial score (nSPS) is 14.8. The van der Waals surface area contributed by atoms with Crippen LogP contribution in [0.5, 0.6) is 5.75 Å². The fourth-order valence-electron chi connectivity index (χ4n) is 2.44. The minimum atomic E-state index is 0.839. The summed E-state index contributed by atoms with van der Waals surface area (Å²) in [6, 6.07) is 7.94. The molecular weight excluding hydrogens is 282 g/mol. The molecule has 0 aliphatic heterocycles. The molecule has 0 unspecified atom stereocenters. The molecule has 3 rings (SSSR count). The fraction of sp³-hybridized carbons (Fsp3) is 0.375. The summed E-state index contributed by atoms with van der Waals surface area (Å²) >= 11 is 1.58. The van der Waals surface area contributed by atoms with Gasteiger partial charge in [-0.05, 0) is 37.8 Å². The van der Waals surface area contributed by atoms with Gasteiger partial charge < -0.3 is 4.74 Å². The van der Waals surface area contributed by atoms with Gasteiger partial charge in [0.2, 0.25) is 5.13 Å². The minimum absolute atomic E-state index is 0.839. The summed E-state index contributed by atoms with van der Waals surface area (Å²) in [5, 5.41) is 7.36. The number of thiazole rings is 1. The number of hydrogen-bond acceptors (Lipinski definition) is 5. The molecular formula is C16H19N3OS. The largest absolute Gasteiger partial charge is 0.497 e. The Bertz CT molecular complexity index is 628. The van der Waals surface area contributed by atoms with Gasteiger partial charge >= 0.3 is 0 Å². The van der Waals surface area contributed by atoms with Crippen LogP contribution in [0.3, 0.4) is 0 Å². The van der Waals surface area contributed by atoms with Crippen molar-refractivity contribution in [2.75, 3.05) is 12.5 Å². The van der Waals surface area contributed by atoms with E-state index in [0.717, 1.165) is 35.0 Å². The van der Waals surface area contributed by atoms with E-state index in [0.29, 0.717) is 0 Å². The van der Waals surface area contributed by atoms with Crippen LogP contribution in [-0.4, -0.2) is 17.8 Å². The number of hydrazone groups is 1. The Kier molecular flexibility index (Phi) is 4.50. The molecule has 21 heavy (non-hydrogen) atoms. The van der Waals surface area contributed by atoms with Crippen LogP contribution in [0, 0.1) is 0 Å². The summed E-state index contributed by atoms with van der Waals surface area (Å²) in [7, 11) is 1.67. The summed E-state index contributed by atoms with van der Waals surface area (Å²) < 4.78 is 5.25. The minimum Gasteiger partial charge on any atom is -0.497 e. The summed E-state index contributed by atoms with van der Waals surface area (Å²) in [5.41, 5.74) is 6.37. The second-order valence-electron chi connectivity index (χ2n) is 5.12. The number of methoxy groups -OCH3 is 1. The molecule has 1 N–H and O–H groups in total. The molecule has 110 valence electrons. The second kappa shape index (κ2) is 6.72. The molecule has 0 radical (unpaired) electrons. The van der Waals surface area contributed by atoms with Crippen molar-refractivity contribution in [3.63, 3.8) is 0 Å². The highest BCUT2D eigenvalue weighted by Gasteiger charge is 2.08. The molecule has 0 saturated heterocycles. The van der Waals surface area contributed by atoms with E-state index in [1.807, 2.05) is 29.6 Å². The van der Waals surface area contributed by atoms with Gasteiger partial charge in [-0.1, -0.05) is 18.6 Å². The van der Waals surface area contributed by atoms with Crippen LogP contribution >= 0.6 is 11.3 Å². The molecule has 1 aromatic carbocycles. The van der Waals surface area contributed by atoms with E-state index in [2.05, 4.69) is 15.5 Å². The van der Waals surface area contributed by atoms with Gasteiger partial charge in [-0.3, -0.25) is 5.43 Å². The standard InChI is InChI=1S/C16H19N3OS/c1-20-14-9-5-6-12(10-14)15-11-21-16(17-15)19-18-13-7-3-2-4-8-13/h5-6,9-11H,2-4,7-8H2,1H3,(H,17,19). The number of benzene rings is 1. The molecule has 1 aliphatic carbocycles. The van der Waals surface area contributed by atoms with Gasteiger partial charge in [-0.2, -0.15) is 5.10 Å². The number of nitrogens with one attached hydrogen (secondary N) is 1. The molecule has 1 aromatic heterocycles. The quantitative estimate of drug-likeness (QED) is 0.843. The van der Waals surface area contributed by atoms with Crippen LogP contribution in [0.15, 0.2) is 34.7 Å². The number of ether oxygens (including phenoxy) is 1. The first-order chi connectivity index (χ1) is 10.3. The van der Waals surface area contributed by atoms with Crippen molar-refractivity contribution in [3.8, 4) is 17.0 Å². The Labute approximate surface area is 128 Å². The van der Waals surface area contributed by atoms with Crippen molar-refractivity contribution in [1.82, 2.24) is 4.98 Å². The van der Waals surface area contributed by atoms with Crippen molar-refractivity contribution in [3.05, 3.63) is 29.6 Å². The van der Waals surface area contributed by atoms with Crippen LogP contribution in [-0.2, 0) is 0 Å². The lowest BCUT2D eigenvalue weighted by molar-refractivity contribution is 0.415. The molecule has 5 heteroatoms. The van der Waals surface area contributed by atoms with Crippen molar-refractivity contribution in [1.29, 1.82) is 0 Å².